The van der Waals surface area contributed by atoms with Crippen molar-refractivity contribution in [3.8, 4) is 0 Å². The van der Waals surface area contributed by atoms with Crippen LogP contribution in [0.1, 0.15) is 44.6 Å². The Balaban J connectivity index is 2.03. The van der Waals surface area contributed by atoms with Crippen LogP contribution in [0.25, 0.3) is 0 Å². The van der Waals surface area contributed by atoms with Crippen molar-refractivity contribution in [2.24, 2.45) is 5.73 Å². The molecule has 1 aromatic heterocycles. The molecule has 1 aliphatic carbocycles. The Labute approximate surface area is 102 Å². The van der Waals surface area contributed by atoms with Gasteiger partial charge in [-0.05, 0) is 12.8 Å². The van der Waals surface area contributed by atoms with Crippen LogP contribution in [0.15, 0.2) is 17.6 Å². The molecule has 0 atom stereocenters. The van der Waals surface area contributed by atoms with Crippen molar-refractivity contribution in [1.82, 2.24) is 9.55 Å². The summed E-state index contributed by atoms with van der Waals surface area (Å²) in [6, 6.07) is 0.672. The van der Waals surface area contributed by atoms with Gasteiger partial charge in [-0.15, -0.1) is 0 Å². The molecule has 3 nitrogen and oxygen atoms in total. The van der Waals surface area contributed by atoms with E-state index in [1.54, 1.807) is 11.8 Å². The summed E-state index contributed by atoms with van der Waals surface area (Å²) >= 11 is 1.78. The van der Waals surface area contributed by atoms with Crippen LogP contribution < -0.4 is 5.73 Å². The Bertz CT molecular complexity index is 303. The predicted molar refractivity (Wildman–Crippen MR) is 68.7 cm³/mol. The van der Waals surface area contributed by atoms with Crippen molar-refractivity contribution in [3.05, 3.63) is 12.4 Å². The van der Waals surface area contributed by atoms with E-state index in [0.717, 1.165) is 17.5 Å². The summed E-state index contributed by atoms with van der Waals surface area (Å²) in [6.45, 7) is 0.724. The maximum atomic E-state index is 5.54. The average Bonchev–Trinajstić information content (AvgIpc) is 2.60. The maximum absolute atomic E-state index is 5.54. The maximum Gasteiger partial charge on any atom is 0.168 e. The van der Waals surface area contributed by atoms with Crippen molar-refractivity contribution in [1.29, 1.82) is 0 Å². The first-order valence-corrected chi connectivity index (χ1v) is 7.26. The summed E-state index contributed by atoms with van der Waals surface area (Å²) < 4.78 is 2.37. The zero-order valence-corrected chi connectivity index (χ0v) is 10.6. The van der Waals surface area contributed by atoms with Gasteiger partial charge in [0.1, 0.15) is 0 Å². The zero-order valence-electron chi connectivity index (χ0n) is 9.77. The van der Waals surface area contributed by atoms with Crippen LogP contribution in [-0.4, -0.2) is 21.8 Å². The number of imidazole rings is 1. The average molecular weight is 239 g/mol. The van der Waals surface area contributed by atoms with E-state index in [1.807, 2.05) is 6.20 Å². The third kappa shape index (κ3) is 3.01. The number of hydrogen-bond acceptors (Lipinski definition) is 3. The van der Waals surface area contributed by atoms with Crippen molar-refractivity contribution < 1.29 is 0 Å². The van der Waals surface area contributed by atoms with Crippen molar-refractivity contribution in [2.75, 3.05) is 12.3 Å². The highest BCUT2D eigenvalue weighted by Crippen LogP contribution is 2.30. The summed E-state index contributed by atoms with van der Waals surface area (Å²) in [5.74, 6) is 0.962. The molecular formula is C12H21N3S. The summed E-state index contributed by atoms with van der Waals surface area (Å²) in [4.78, 5) is 4.43. The van der Waals surface area contributed by atoms with Gasteiger partial charge in [0, 0.05) is 30.7 Å². The molecule has 1 aliphatic rings. The zero-order chi connectivity index (χ0) is 11.2. The van der Waals surface area contributed by atoms with E-state index in [9.17, 15) is 0 Å². The van der Waals surface area contributed by atoms with Crippen molar-refractivity contribution in [3.63, 3.8) is 0 Å². The van der Waals surface area contributed by atoms with Gasteiger partial charge in [0.25, 0.3) is 0 Å². The van der Waals surface area contributed by atoms with Crippen LogP contribution in [-0.2, 0) is 0 Å². The summed E-state index contributed by atoms with van der Waals surface area (Å²) in [7, 11) is 0. The van der Waals surface area contributed by atoms with Gasteiger partial charge in [-0.2, -0.15) is 0 Å². The SMILES string of the molecule is NCCSc1nccn1C1CCCCCC1. The van der Waals surface area contributed by atoms with Crippen LogP contribution in [0.2, 0.25) is 0 Å². The molecule has 0 amide bonds. The molecule has 0 unspecified atom stereocenters. The van der Waals surface area contributed by atoms with Gasteiger partial charge in [-0.3, -0.25) is 0 Å². The molecule has 0 aromatic carbocycles. The third-order valence-corrected chi connectivity index (χ3v) is 4.21. The van der Waals surface area contributed by atoms with Gasteiger partial charge in [0.05, 0.1) is 0 Å². The van der Waals surface area contributed by atoms with Crippen LogP contribution in [0.3, 0.4) is 0 Å². The lowest BCUT2D eigenvalue weighted by Crippen LogP contribution is -2.09. The summed E-state index contributed by atoms with van der Waals surface area (Å²) in [5, 5.41) is 1.15. The van der Waals surface area contributed by atoms with Crippen LogP contribution in [0.5, 0.6) is 0 Å². The minimum Gasteiger partial charge on any atom is -0.330 e. The van der Waals surface area contributed by atoms with Crippen LogP contribution >= 0.6 is 11.8 Å². The van der Waals surface area contributed by atoms with E-state index in [4.69, 9.17) is 5.73 Å². The Morgan fingerprint density at radius 1 is 1.31 bits per heavy atom. The van der Waals surface area contributed by atoms with E-state index < -0.39 is 0 Å². The first-order valence-electron chi connectivity index (χ1n) is 6.27. The van der Waals surface area contributed by atoms with Gasteiger partial charge < -0.3 is 10.3 Å². The number of nitrogens with two attached hydrogens (primary N) is 1. The predicted octanol–water partition coefficient (Wildman–Crippen LogP) is 2.83. The van der Waals surface area contributed by atoms with E-state index in [1.165, 1.54) is 38.5 Å². The molecule has 90 valence electrons. The summed E-state index contributed by atoms with van der Waals surface area (Å²) in [5.41, 5.74) is 5.54. The molecule has 1 saturated carbocycles. The van der Waals surface area contributed by atoms with Crippen molar-refractivity contribution >= 4 is 11.8 Å². The molecule has 2 N–H and O–H groups in total. The molecule has 16 heavy (non-hydrogen) atoms. The fourth-order valence-electron chi connectivity index (χ4n) is 2.38. The van der Waals surface area contributed by atoms with E-state index in [-0.39, 0.29) is 0 Å². The lowest BCUT2D eigenvalue weighted by Gasteiger charge is -2.18. The Kier molecular flexibility index (Phi) is 4.72. The smallest absolute Gasteiger partial charge is 0.168 e. The minimum absolute atomic E-state index is 0.672. The fourth-order valence-corrected chi connectivity index (χ4v) is 3.17. The molecule has 1 heterocycles. The normalized spacial score (nSPS) is 18.6. The van der Waals surface area contributed by atoms with Gasteiger partial charge in [-0.25, -0.2) is 4.98 Å². The molecule has 0 aliphatic heterocycles. The van der Waals surface area contributed by atoms with Gasteiger partial charge >= 0.3 is 0 Å². The van der Waals surface area contributed by atoms with E-state index in [2.05, 4.69) is 15.7 Å². The molecule has 0 spiro atoms. The molecule has 4 heteroatoms. The Morgan fingerprint density at radius 3 is 2.75 bits per heavy atom. The highest BCUT2D eigenvalue weighted by atomic mass is 32.2. The van der Waals surface area contributed by atoms with Crippen LogP contribution in [0, 0.1) is 0 Å². The minimum atomic E-state index is 0.672. The first kappa shape index (κ1) is 12.0. The second kappa shape index (κ2) is 6.30. The second-order valence-corrected chi connectivity index (χ2v) is 5.46. The first-order chi connectivity index (χ1) is 7.92. The topological polar surface area (TPSA) is 43.8 Å². The van der Waals surface area contributed by atoms with E-state index in [0.29, 0.717) is 6.04 Å². The number of hydrogen-bond donors (Lipinski definition) is 1. The third-order valence-electron chi connectivity index (χ3n) is 3.20. The van der Waals surface area contributed by atoms with Gasteiger partial charge in [0.15, 0.2) is 5.16 Å². The molecule has 1 fully saturated rings. The van der Waals surface area contributed by atoms with Gasteiger partial charge in [0.2, 0.25) is 0 Å². The fraction of sp³-hybridized carbons (Fsp3) is 0.750. The standard InChI is InChI=1S/C12H21N3S/c13-7-10-16-12-14-8-9-15(12)11-5-3-1-2-4-6-11/h8-9,11H,1-7,10,13H2. The quantitative estimate of drug-likeness (QED) is 0.649. The molecule has 1 aromatic rings. The number of nitrogens with zero attached hydrogens (tertiary/aromatic N) is 2. The summed E-state index contributed by atoms with van der Waals surface area (Å²) in [6.07, 6.45) is 12.2. The monoisotopic (exact) mass is 239 g/mol. The van der Waals surface area contributed by atoms with Gasteiger partial charge in [-0.1, -0.05) is 37.4 Å². The highest BCUT2D eigenvalue weighted by molar-refractivity contribution is 7.99. The Hall–Kier alpha value is -0.480. The number of thioether (sulfide) groups is 1. The van der Waals surface area contributed by atoms with Crippen LogP contribution in [0.4, 0.5) is 0 Å². The molecule has 0 bridgehead atoms. The molecule has 0 saturated heterocycles. The number of aromatic nitrogens is 2. The molecular weight excluding hydrogens is 218 g/mol. The Morgan fingerprint density at radius 2 is 2.06 bits per heavy atom. The lowest BCUT2D eigenvalue weighted by atomic mass is 10.1. The number of rotatable bonds is 4. The molecule has 2 rings (SSSR count). The van der Waals surface area contributed by atoms with Crippen molar-refractivity contribution in [2.45, 2.75) is 49.7 Å². The van der Waals surface area contributed by atoms with E-state index >= 15 is 0 Å². The highest BCUT2D eigenvalue weighted by Gasteiger charge is 2.16. The lowest BCUT2D eigenvalue weighted by molar-refractivity contribution is 0.416. The second-order valence-electron chi connectivity index (χ2n) is 4.40. The largest absolute Gasteiger partial charge is 0.330 e. The molecule has 0 radical (unpaired) electrons.